The van der Waals surface area contributed by atoms with Crippen molar-refractivity contribution >= 4 is 27.1 Å². The van der Waals surface area contributed by atoms with Crippen LogP contribution in [0.4, 0.5) is 0 Å². The van der Waals surface area contributed by atoms with Gasteiger partial charge in [0, 0.05) is 7.11 Å². The van der Waals surface area contributed by atoms with Crippen LogP contribution in [0.5, 0.6) is 0 Å². The second kappa shape index (κ2) is 4.73. The molecule has 1 N–H and O–H groups in total. The van der Waals surface area contributed by atoms with Gasteiger partial charge < -0.3 is 9.84 Å². The monoisotopic (exact) mass is 250 g/mol. The first-order valence-corrected chi connectivity index (χ1v) is 6.42. The van der Waals surface area contributed by atoms with Gasteiger partial charge in [0.2, 0.25) is 9.84 Å². The number of hydrogen-bond acceptors (Lipinski definition) is 5. The van der Waals surface area contributed by atoms with Crippen LogP contribution in [0.1, 0.15) is 0 Å². The lowest BCUT2D eigenvalue weighted by molar-refractivity contribution is -0.137. The number of rotatable bonds is 5. The molecule has 1 heterocycles. The van der Waals surface area contributed by atoms with Crippen LogP contribution >= 0.6 is 11.3 Å². The van der Waals surface area contributed by atoms with Crippen molar-refractivity contribution in [2.24, 2.45) is 0 Å². The van der Waals surface area contributed by atoms with Crippen LogP contribution in [-0.2, 0) is 19.4 Å². The number of hydrogen-bond donors (Lipinski definition) is 1. The summed E-state index contributed by atoms with van der Waals surface area (Å²) in [5.74, 6) is -1.40. The topological polar surface area (TPSA) is 80.7 Å². The molecule has 0 radical (unpaired) electrons. The summed E-state index contributed by atoms with van der Waals surface area (Å²) >= 11 is 0.995. The maximum absolute atomic E-state index is 11.8. The Hall–Kier alpha value is -0.920. The molecule has 0 saturated carbocycles. The van der Waals surface area contributed by atoms with E-state index in [-0.39, 0.29) is 10.8 Å². The molecule has 7 heteroatoms. The Balaban J connectivity index is 3.08. The first-order chi connectivity index (χ1) is 7.00. The number of carbonyl (C=O) groups is 1. The fourth-order valence-electron chi connectivity index (χ4n) is 1.01. The highest BCUT2D eigenvalue weighted by Gasteiger charge is 2.34. The quantitative estimate of drug-likeness (QED) is 0.828. The molecule has 0 amide bonds. The first kappa shape index (κ1) is 12.2. The van der Waals surface area contributed by atoms with Gasteiger partial charge >= 0.3 is 5.97 Å². The standard InChI is InChI=1S/C8H10O5S2/c1-13-5-6(8(9)10)15(11,12)7-3-2-4-14-7/h2-4,6H,5H2,1H3,(H,9,10). The van der Waals surface area contributed by atoms with E-state index in [0.29, 0.717) is 0 Å². The SMILES string of the molecule is COCC(C(=O)O)S(=O)(=O)c1cccs1. The molecule has 0 spiro atoms. The number of thiophene rings is 1. The van der Waals surface area contributed by atoms with Crippen molar-refractivity contribution < 1.29 is 23.1 Å². The minimum Gasteiger partial charge on any atom is -0.480 e. The summed E-state index contributed by atoms with van der Waals surface area (Å²) in [4.78, 5) is 10.8. The van der Waals surface area contributed by atoms with Gasteiger partial charge in [-0.05, 0) is 11.4 Å². The Bertz CT molecular complexity index is 420. The molecule has 0 fully saturated rings. The molecule has 84 valence electrons. The lowest BCUT2D eigenvalue weighted by Gasteiger charge is -2.10. The molecule has 1 rings (SSSR count). The van der Waals surface area contributed by atoms with Gasteiger partial charge in [-0.2, -0.15) is 0 Å². The van der Waals surface area contributed by atoms with Crippen LogP contribution in [0.25, 0.3) is 0 Å². The van der Waals surface area contributed by atoms with E-state index in [4.69, 9.17) is 5.11 Å². The van der Waals surface area contributed by atoms with E-state index in [1.165, 1.54) is 13.2 Å². The summed E-state index contributed by atoms with van der Waals surface area (Å²) in [5, 5.41) is 8.83. The predicted molar refractivity (Wildman–Crippen MR) is 54.8 cm³/mol. The summed E-state index contributed by atoms with van der Waals surface area (Å²) in [5.41, 5.74) is 0. The number of methoxy groups -OCH3 is 1. The van der Waals surface area contributed by atoms with E-state index in [1.54, 1.807) is 11.4 Å². The number of carboxylic acids is 1. The van der Waals surface area contributed by atoms with E-state index < -0.39 is 21.1 Å². The minimum absolute atomic E-state index is 0.0481. The van der Waals surface area contributed by atoms with Crippen LogP contribution in [-0.4, -0.2) is 38.5 Å². The Morgan fingerprint density at radius 1 is 1.67 bits per heavy atom. The van der Waals surface area contributed by atoms with Crippen LogP contribution in [0.3, 0.4) is 0 Å². The van der Waals surface area contributed by atoms with Crippen molar-refractivity contribution in [3.63, 3.8) is 0 Å². The molecule has 1 unspecified atom stereocenters. The van der Waals surface area contributed by atoms with Gasteiger partial charge in [-0.3, -0.25) is 4.79 Å². The third kappa shape index (κ3) is 2.55. The Morgan fingerprint density at radius 3 is 2.73 bits per heavy atom. The van der Waals surface area contributed by atoms with Gasteiger partial charge in [0.25, 0.3) is 0 Å². The maximum Gasteiger partial charge on any atom is 0.324 e. The molecule has 15 heavy (non-hydrogen) atoms. The highest BCUT2D eigenvalue weighted by Crippen LogP contribution is 2.21. The fraction of sp³-hybridized carbons (Fsp3) is 0.375. The van der Waals surface area contributed by atoms with E-state index in [0.717, 1.165) is 11.3 Å². The fourth-order valence-corrected chi connectivity index (χ4v) is 3.64. The summed E-state index contributed by atoms with van der Waals surface area (Å²) in [6.07, 6.45) is 0. The Morgan fingerprint density at radius 2 is 2.33 bits per heavy atom. The smallest absolute Gasteiger partial charge is 0.324 e. The number of ether oxygens (including phenoxy) is 1. The molecule has 0 aliphatic carbocycles. The van der Waals surface area contributed by atoms with Gasteiger partial charge in [0.05, 0.1) is 6.61 Å². The van der Waals surface area contributed by atoms with Crippen LogP contribution in [0, 0.1) is 0 Å². The van der Waals surface area contributed by atoms with Crippen molar-refractivity contribution in [2.45, 2.75) is 9.46 Å². The largest absolute Gasteiger partial charge is 0.480 e. The van der Waals surface area contributed by atoms with E-state index >= 15 is 0 Å². The average molecular weight is 250 g/mol. The van der Waals surface area contributed by atoms with Gasteiger partial charge in [0.15, 0.2) is 5.25 Å². The molecule has 1 aromatic heterocycles. The Kier molecular flexibility index (Phi) is 3.83. The molecule has 1 atom stereocenters. The number of carboxylic acid groups (broad SMARTS) is 1. The molecule has 0 aromatic carbocycles. The van der Waals surface area contributed by atoms with Crippen LogP contribution < -0.4 is 0 Å². The highest BCUT2D eigenvalue weighted by atomic mass is 32.2. The molecular formula is C8H10O5S2. The zero-order valence-corrected chi connectivity index (χ0v) is 9.55. The summed E-state index contributed by atoms with van der Waals surface area (Å²) in [6, 6.07) is 2.94. The third-order valence-corrected chi connectivity index (χ3v) is 5.17. The molecule has 5 nitrogen and oxygen atoms in total. The lowest BCUT2D eigenvalue weighted by atomic mass is 10.5. The highest BCUT2D eigenvalue weighted by molar-refractivity contribution is 7.94. The van der Waals surface area contributed by atoms with Crippen LogP contribution in [0.2, 0.25) is 0 Å². The van der Waals surface area contributed by atoms with E-state index in [1.807, 2.05) is 0 Å². The number of sulfone groups is 1. The van der Waals surface area contributed by atoms with Crippen molar-refractivity contribution in [2.75, 3.05) is 13.7 Å². The van der Waals surface area contributed by atoms with Crippen molar-refractivity contribution in [1.29, 1.82) is 0 Å². The van der Waals surface area contributed by atoms with Crippen molar-refractivity contribution in [1.82, 2.24) is 0 Å². The normalized spacial score (nSPS) is 13.7. The van der Waals surface area contributed by atoms with Gasteiger partial charge in [-0.25, -0.2) is 8.42 Å². The maximum atomic E-state index is 11.8. The van der Waals surface area contributed by atoms with E-state index in [9.17, 15) is 13.2 Å². The molecule has 1 aromatic rings. The molecule has 0 aliphatic rings. The molecule has 0 saturated heterocycles. The van der Waals surface area contributed by atoms with Gasteiger partial charge in [0.1, 0.15) is 4.21 Å². The average Bonchev–Trinajstić information content (AvgIpc) is 2.66. The van der Waals surface area contributed by atoms with Crippen molar-refractivity contribution in [3.05, 3.63) is 17.5 Å². The number of aliphatic carboxylic acids is 1. The second-order valence-corrected chi connectivity index (χ2v) is 6.06. The summed E-state index contributed by atoms with van der Waals surface area (Å²) < 4.78 is 28.2. The van der Waals surface area contributed by atoms with E-state index in [2.05, 4.69) is 4.74 Å². The van der Waals surface area contributed by atoms with Gasteiger partial charge in [-0.1, -0.05) is 6.07 Å². The lowest BCUT2D eigenvalue weighted by Crippen LogP contribution is -2.33. The second-order valence-electron chi connectivity index (χ2n) is 2.76. The van der Waals surface area contributed by atoms with Crippen molar-refractivity contribution in [3.8, 4) is 0 Å². The summed E-state index contributed by atoms with van der Waals surface area (Å²) in [6.45, 7) is -0.352. The first-order valence-electron chi connectivity index (χ1n) is 3.99. The molecular weight excluding hydrogens is 240 g/mol. The van der Waals surface area contributed by atoms with Crippen LogP contribution in [0.15, 0.2) is 21.7 Å². The zero-order valence-electron chi connectivity index (χ0n) is 7.91. The Labute approximate surface area is 91.2 Å². The minimum atomic E-state index is -3.83. The van der Waals surface area contributed by atoms with Gasteiger partial charge in [-0.15, -0.1) is 11.3 Å². The molecule has 0 aliphatic heterocycles. The summed E-state index contributed by atoms with van der Waals surface area (Å²) in [7, 11) is -2.56. The zero-order chi connectivity index (χ0) is 11.5. The third-order valence-electron chi connectivity index (χ3n) is 1.74. The predicted octanol–water partition coefficient (Wildman–Crippen LogP) is 0.621. The molecule has 0 bridgehead atoms.